The van der Waals surface area contributed by atoms with E-state index in [0.717, 1.165) is 11.1 Å². The minimum Gasteiger partial charge on any atom is -0.508 e. The first-order valence-corrected chi connectivity index (χ1v) is 7.60. The molecule has 1 aliphatic heterocycles. The molecular weight excluding hydrogens is 306 g/mol. The van der Waals surface area contributed by atoms with Gasteiger partial charge in [0.2, 0.25) is 5.91 Å². The maximum atomic E-state index is 12.4. The second-order valence-corrected chi connectivity index (χ2v) is 5.57. The number of carbonyl (C=O) groups is 2. The molecule has 122 valence electrons. The van der Waals surface area contributed by atoms with Gasteiger partial charge in [-0.1, -0.05) is 30.3 Å². The van der Waals surface area contributed by atoms with Crippen LogP contribution in [0.4, 0.5) is 0 Å². The van der Waals surface area contributed by atoms with Crippen molar-refractivity contribution in [1.82, 2.24) is 10.7 Å². The Hall–Kier alpha value is -3.15. The van der Waals surface area contributed by atoms with Gasteiger partial charge in [0.25, 0.3) is 5.91 Å². The zero-order valence-electron chi connectivity index (χ0n) is 12.8. The Labute approximate surface area is 139 Å². The van der Waals surface area contributed by atoms with Gasteiger partial charge in [0.05, 0.1) is 6.21 Å². The number of rotatable bonds is 4. The lowest BCUT2D eigenvalue weighted by molar-refractivity contribution is -0.133. The maximum absolute atomic E-state index is 12.4. The van der Waals surface area contributed by atoms with Gasteiger partial charge in [0, 0.05) is 12.5 Å². The van der Waals surface area contributed by atoms with Gasteiger partial charge >= 0.3 is 0 Å². The van der Waals surface area contributed by atoms with Gasteiger partial charge in [-0.05, 0) is 35.4 Å². The smallest absolute Gasteiger partial charge is 0.253 e. The first-order chi connectivity index (χ1) is 11.6. The van der Waals surface area contributed by atoms with Crippen LogP contribution >= 0.6 is 0 Å². The van der Waals surface area contributed by atoms with Crippen molar-refractivity contribution >= 4 is 18.0 Å². The molecule has 1 aliphatic rings. The third-order valence-electron chi connectivity index (χ3n) is 3.97. The third-order valence-corrected chi connectivity index (χ3v) is 3.97. The zero-order chi connectivity index (χ0) is 16.9. The summed E-state index contributed by atoms with van der Waals surface area (Å²) in [6.45, 7) is 0.433. The third kappa shape index (κ3) is 3.43. The number of hydrogen-bond acceptors (Lipinski definition) is 4. The molecule has 2 unspecified atom stereocenters. The van der Waals surface area contributed by atoms with Gasteiger partial charge in [-0.15, -0.1) is 0 Å². The van der Waals surface area contributed by atoms with E-state index >= 15 is 0 Å². The van der Waals surface area contributed by atoms with E-state index in [-0.39, 0.29) is 17.6 Å². The molecule has 3 N–H and O–H groups in total. The van der Waals surface area contributed by atoms with Gasteiger partial charge in [-0.2, -0.15) is 5.10 Å². The Morgan fingerprint density at radius 3 is 2.58 bits per heavy atom. The molecule has 0 aliphatic carbocycles. The van der Waals surface area contributed by atoms with Crippen molar-refractivity contribution in [2.24, 2.45) is 11.0 Å². The largest absolute Gasteiger partial charge is 0.508 e. The molecule has 2 aromatic carbocycles. The Balaban J connectivity index is 1.68. The van der Waals surface area contributed by atoms with Crippen LogP contribution in [0, 0.1) is 5.92 Å². The van der Waals surface area contributed by atoms with Crippen LogP contribution in [0.3, 0.4) is 0 Å². The Morgan fingerprint density at radius 1 is 1.17 bits per heavy atom. The second kappa shape index (κ2) is 6.95. The fraction of sp³-hybridized carbons (Fsp3) is 0.167. The molecule has 6 nitrogen and oxygen atoms in total. The SMILES string of the molecule is O=C1NCC(c2ccccc2)C1C(=O)NN=Cc1ccc(O)cc1. The Kier molecular flexibility index (Phi) is 4.56. The van der Waals surface area contributed by atoms with Crippen molar-refractivity contribution in [1.29, 1.82) is 0 Å². The number of hydrazone groups is 1. The number of benzene rings is 2. The summed E-state index contributed by atoms with van der Waals surface area (Å²) in [5, 5.41) is 15.8. The van der Waals surface area contributed by atoms with Gasteiger partial charge in [0.15, 0.2) is 0 Å². The molecule has 0 radical (unpaired) electrons. The van der Waals surface area contributed by atoms with Crippen molar-refractivity contribution in [2.75, 3.05) is 6.54 Å². The summed E-state index contributed by atoms with van der Waals surface area (Å²) in [5.41, 5.74) is 4.09. The molecule has 3 rings (SSSR count). The van der Waals surface area contributed by atoms with Gasteiger partial charge in [-0.25, -0.2) is 5.43 Å². The van der Waals surface area contributed by atoms with E-state index in [4.69, 9.17) is 0 Å². The fourth-order valence-electron chi connectivity index (χ4n) is 2.73. The zero-order valence-corrected chi connectivity index (χ0v) is 12.8. The standard InChI is InChI=1S/C18H17N3O3/c22-14-8-6-12(7-9-14)10-20-21-18(24)16-15(11-19-17(16)23)13-4-2-1-3-5-13/h1-10,15-16,22H,11H2,(H,19,23)(H,21,24). The van der Waals surface area contributed by atoms with E-state index in [1.54, 1.807) is 12.1 Å². The molecule has 0 aromatic heterocycles. The number of carbonyl (C=O) groups excluding carboxylic acids is 2. The van der Waals surface area contributed by atoms with E-state index in [1.165, 1.54) is 18.3 Å². The molecule has 0 spiro atoms. The van der Waals surface area contributed by atoms with E-state index in [9.17, 15) is 14.7 Å². The first kappa shape index (κ1) is 15.7. The van der Waals surface area contributed by atoms with Crippen LogP contribution in [0.1, 0.15) is 17.0 Å². The number of aromatic hydroxyl groups is 1. The number of hydrogen-bond donors (Lipinski definition) is 3. The molecule has 0 saturated carbocycles. The topological polar surface area (TPSA) is 90.8 Å². The monoisotopic (exact) mass is 323 g/mol. The lowest BCUT2D eigenvalue weighted by Crippen LogP contribution is -2.34. The van der Waals surface area contributed by atoms with Crippen LogP contribution in [0.15, 0.2) is 59.7 Å². The summed E-state index contributed by atoms with van der Waals surface area (Å²) in [6, 6.07) is 15.9. The highest BCUT2D eigenvalue weighted by Gasteiger charge is 2.40. The molecule has 2 atom stereocenters. The predicted molar refractivity (Wildman–Crippen MR) is 89.5 cm³/mol. The molecule has 1 heterocycles. The highest BCUT2D eigenvalue weighted by atomic mass is 16.3. The van der Waals surface area contributed by atoms with E-state index in [1.807, 2.05) is 30.3 Å². The van der Waals surface area contributed by atoms with Crippen LogP contribution in [0.2, 0.25) is 0 Å². The van der Waals surface area contributed by atoms with Crippen molar-refractivity contribution in [3.63, 3.8) is 0 Å². The van der Waals surface area contributed by atoms with Crippen molar-refractivity contribution in [2.45, 2.75) is 5.92 Å². The molecule has 6 heteroatoms. The normalized spacial score (nSPS) is 20.1. The molecule has 1 saturated heterocycles. The summed E-state index contributed by atoms with van der Waals surface area (Å²) in [6.07, 6.45) is 1.46. The molecular formula is C18H17N3O3. The van der Waals surface area contributed by atoms with E-state index in [0.29, 0.717) is 6.54 Å². The summed E-state index contributed by atoms with van der Waals surface area (Å²) < 4.78 is 0. The van der Waals surface area contributed by atoms with Gasteiger partial charge in [-0.3, -0.25) is 9.59 Å². The number of nitrogens with zero attached hydrogens (tertiary/aromatic N) is 1. The van der Waals surface area contributed by atoms with Crippen molar-refractivity contribution < 1.29 is 14.7 Å². The van der Waals surface area contributed by atoms with E-state index < -0.39 is 11.8 Å². The molecule has 2 aromatic rings. The fourth-order valence-corrected chi connectivity index (χ4v) is 2.73. The number of amides is 2. The molecule has 24 heavy (non-hydrogen) atoms. The average Bonchev–Trinajstić information content (AvgIpc) is 2.99. The van der Waals surface area contributed by atoms with Gasteiger partial charge in [0.1, 0.15) is 11.7 Å². The number of phenolic OH excluding ortho intramolecular Hbond substituents is 1. The molecule has 1 fully saturated rings. The lowest BCUT2D eigenvalue weighted by Gasteiger charge is -2.15. The van der Waals surface area contributed by atoms with Crippen molar-refractivity contribution in [3.8, 4) is 5.75 Å². The van der Waals surface area contributed by atoms with Crippen molar-refractivity contribution in [3.05, 3.63) is 65.7 Å². The summed E-state index contributed by atoms with van der Waals surface area (Å²) in [5.74, 6) is -1.58. The van der Waals surface area contributed by atoms with Gasteiger partial charge < -0.3 is 10.4 Å². The van der Waals surface area contributed by atoms with Crippen LogP contribution < -0.4 is 10.7 Å². The summed E-state index contributed by atoms with van der Waals surface area (Å²) >= 11 is 0. The highest BCUT2D eigenvalue weighted by Crippen LogP contribution is 2.28. The summed E-state index contributed by atoms with van der Waals surface area (Å²) in [7, 11) is 0. The Morgan fingerprint density at radius 2 is 1.88 bits per heavy atom. The van der Waals surface area contributed by atoms with Crippen LogP contribution in [-0.2, 0) is 9.59 Å². The van der Waals surface area contributed by atoms with Crippen LogP contribution in [-0.4, -0.2) is 29.7 Å². The Bertz CT molecular complexity index is 757. The maximum Gasteiger partial charge on any atom is 0.253 e. The quantitative estimate of drug-likeness (QED) is 0.451. The number of phenols is 1. The summed E-state index contributed by atoms with van der Waals surface area (Å²) in [4.78, 5) is 24.4. The average molecular weight is 323 g/mol. The second-order valence-electron chi connectivity index (χ2n) is 5.57. The highest BCUT2D eigenvalue weighted by molar-refractivity contribution is 6.03. The predicted octanol–water partition coefficient (Wildman–Crippen LogP) is 1.37. The minimum atomic E-state index is -0.802. The number of nitrogens with one attached hydrogen (secondary N) is 2. The van der Waals surface area contributed by atoms with E-state index in [2.05, 4.69) is 15.8 Å². The van der Waals surface area contributed by atoms with Crippen LogP contribution in [0.5, 0.6) is 5.75 Å². The minimum absolute atomic E-state index is 0.157. The molecule has 0 bridgehead atoms. The lowest BCUT2D eigenvalue weighted by atomic mass is 9.88. The van der Waals surface area contributed by atoms with Crippen LogP contribution in [0.25, 0.3) is 0 Å². The molecule has 2 amide bonds. The first-order valence-electron chi connectivity index (χ1n) is 7.60.